The van der Waals surface area contributed by atoms with Crippen LogP contribution in [0.1, 0.15) is 19.4 Å². The minimum absolute atomic E-state index is 0.0724. The van der Waals surface area contributed by atoms with E-state index >= 15 is 0 Å². The van der Waals surface area contributed by atoms with E-state index in [2.05, 4.69) is 21.2 Å². The monoisotopic (exact) mass is 315 g/mol. The Morgan fingerprint density at radius 3 is 2.56 bits per heavy atom. The zero-order chi connectivity index (χ0) is 13.8. The van der Waals surface area contributed by atoms with Gasteiger partial charge in [0.1, 0.15) is 12.1 Å². The van der Waals surface area contributed by atoms with Gasteiger partial charge in [0.15, 0.2) is 0 Å². The molecule has 1 aromatic rings. The Morgan fingerprint density at radius 2 is 2.00 bits per heavy atom. The summed E-state index contributed by atoms with van der Waals surface area (Å²) in [4.78, 5) is 22.2. The van der Waals surface area contributed by atoms with E-state index in [-0.39, 0.29) is 6.61 Å². The Kier molecular flexibility index (Phi) is 4.72. The third kappa shape index (κ3) is 4.03. The van der Waals surface area contributed by atoms with Gasteiger partial charge in [0.2, 0.25) is 0 Å². The van der Waals surface area contributed by atoms with E-state index in [4.69, 9.17) is 9.84 Å². The molecular weight excluding hydrogens is 302 g/mol. The topological polar surface area (TPSA) is 75.6 Å². The molecule has 0 aromatic heterocycles. The number of hydrogen-bond donors (Lipinski definition) is 2. The van der Waals surface area contributed by atoms with Crippen molar-refractivity contribution in [2.45, 2.75) is 26.0 Å². The van der Waals surface area contributed by atoms with Crippen molar-refractivity contribution in [3.8, 4) is 0 Å². The maximum absolute atomic E-state index is 11.4. The van der Waals surface area contributed by atoms with Crippen molar-refractivity contribution in [1.29, 1.82) is 0 Å². The first kappa shape index (κ1) is 14.5. The second kappa shape index (κ2) is 5.86. The predicted octanol–water partition coefficient (Wildman–Crippen LogP) is 2.54. The molecule has 0 saturated carbocycles. The Hall–Kier alpha value is -1.56. The first-order valence-electron chi connectivity index (χ1n) is 5.24. The number of carbonyl (C=O) groups is 2. The van der Waals surface area contributed by atoms with Gasteiger partial charge in [-0.3, -0.25) is 0 Å². The second-order valence-corrected chi connectivity index (χ2v) is 5.08. The summed E-state index contributed by atoms with van der Waals surface area (Å²) in [5.74, 6) is -1.12. The van der Waals surface area contributed by atoms with Gasteiger partial charge in [-0.2, -0.15) is 0 Å². The van der Waals surface area contributed by atoms with Crippen molar-refractivity contribution in [3.63, 3.8) is 0 Å². The van der Waals surface area contributed by atoms with E-state index in [1.807, 2.05) is 18.2 Å². The number of alkyl carbamates (subject to hydrolysis) is 1. The van der Waals surface area contributed by atoms with Gasteiger partial charge < -0.3 is 15.2 Å². The van der Waals surface area contributed by atoms with Crippen LogP contribution in [0.4, 0.5) is 4.79 Å². The molecule has 0 atom stereocenters. The molecule has 0 aliphatic heterocycles. The quantitative estimate of drug-likeness (QED) is 0.895. The van der Waals surface area contributed by atoms with Gasteiger partial charge in [0, 0.05) is 10.0 Å². The second-order valence-electron chi connectivity index (χ2n) is 4.22. The molecule has 5 nitrogen and oxygen atoms in total. The highest BCUT2D eigenvalue weighted by atomic mass is 79.9. The zero-order valence-electron chi connectivity index (χ0n) is 10.1. The fraction of sp³-hybridized carbons (Fsp3) is 0.333. The zero-order valence-corrected chi connectivity index (χ0v) is 11.7. The number of nitrogens with one attached hydrogen (secondary N) is 1. The molecule has 0 bridgehead atoms. The molecule has 1 aromatic carbocycles. The summed E-state index contributed by atoms with van der Waals surface area (Å²) < 4.78 is 5.78. The van der Waals surface area contributed by atoms with Crippen LogP contribution in [0, 0.1) is 0 Å². The maximum atomic E-state index is 11.4. The lowest BCUT2D eigenvalue weighted by atomic mass is 10.1. The van der Waals surface area contributed by atoms with Gasteiger partial charge in [0.25, 0.3) is 0 Å². The van der Waals surface area contributed by atoms with Gasteiger partial charge in [-0.15, -0.1) is 0 Å². The van der Waals surface area contributed by atoms with Gasteiger partial charge in [-0.25, -0.2) is 9.59 Å². The van der Waals surface area contributed by atoms with Crippen molar-refractivity contribution in [3.05, 3.63) is 34.3 Å². The predicted molar refractivity (Wildman–Crippen MR) is 69.2 cm³/mol. The number of ether oxygens (including phenoxy) is 1. The number of amides is 1. The summed E-state index contributed by atoms with van der Waals surface area (Å²) in [6.45, 7) is 2.84. The molecule has 0 aliphatic carbocycles. The summed E-state index contributed by atoms with van der Waals surface area (Å²) >= 11 is 3.33. The highest BCUT2D eigenvalue weighted by Crippen LogP contribution is 2.16. The molecule has 1 rings (SSSR count). The van der Waals surface area contributed by atoms with E-state index in [1.54, 1.807) is 6.07 Å². The number of carboxylic acids is 1. The summed E-state index contributed by atoms with van der Waals surface area (Å²) in [6.07, 6.45) is -0.766. The molecular formula is C12H14BrNO4. The lowest BCUT2D eigenvalue weighted by Crippen LogP contribution is -2.49. The van der Waals surface area contributed by atoms with Gasteiger partial charge in [-0.1, -0.05) is 34.1 Å². The summed E-state index contributed by atoms with van der Waals surface area (Å²) in [6, 6.07) is 7.31. The van der Waals surface area contributed by atoms with Crippen LogP contribution < -0.4 is 5.32 Å². The van der Waals surface area contributed by atoms with E-state index in [0.29, 0.717) is 0 Å². The number of benzene rings is 1. The van der Waals surface area contributed by atoms with Crippen LogP contribution in [0.3, 0.4) is 0 Å². The van der Waals surface area contributed by atoms with Gasteiger partial charge in [-0.05, 0) is 19.9 Å². The van der Waals surface area contributed by atoms with Gasteiger partial charge in [0.05, 0.1) is 0 Å². The summed E-state index contributed by atoms with van der Waals surface area (Å²) in [5, 5.41) is 11.1. The summed E-state index contributed by atoms with van der Waals surface area (Å²) in [5.41, 5.74) is -0.550. The first-order valence-corrected chi connectivity index (χ1v) is 6.04. The average molecular weight is 316 g/mol. The largest absolute Gasteiger partial charge is 0.480 e. The highest BCUT2D eigenvalue weighted by molar-refractivity contribution is 9.10. The average Bonchev–Trinajstić information content (AvgIpc) is 2.27. The molecule has 2 N–H and O–H groups in total. The summed E-state index contributed by atoms with van der Waals surface area (Å²) in [7, 11) is 0. The lowest BCUT2D eigenvalue weighted by Gasteiger charge is -2.20. The number of carbonyl (C=O) groups excluding carboxylic acids is 1. The molecule has 98 valence electrons. The normalized spacial score (nSPS) is 10.8. The van der Waals surface area contributed by atoms with Gasteiger partial charge >= 0.3 is 12.1 Å². The van der Waals surface area contributed by atoms with Crippen molar-refractivity contribution in [1.82, 2.24) is 5.32 Å². The Morgan fingerprint density at radius 1 is 1.39 bits per heavy atom. The standard InChI is InChI=1S/C12H14BrNO4/c1-12(2,10(15)16)14-11(17)18-7-8-5-3-4-6-9(8)13/h3-6H,7H2,1-2H3,(H,14,17)(H,15,16). The smallest absolute Gasteiger partial charge is 0.408 e. The molecule has 0 fully saturated rings. The number of carboxylic acid groups (broad SMARTS) is 1. The van der Waals surface area contributed by atoms with Crippen LogP contribution in [0.25, 0.3) is 0 Å². The third-order valence-corrected chi connectivity index (χ3v) is 3.04. The fourth-order valence-electron chi connectivity index (χ4n) is 1.10. The number of rotatable bonds is 4. The minimum atomic E-state index is -1.36. The van der Waals surface area contributed by atoms with Crippen LogP contribution >= 0.6 is 15.9 Å². The number of hydrogen-bond acceptors (Lipinski definition) is 3. The Labute approximate surface area is 113 Å². The van der Waals surface area contributed by atoms with Crippen molar-refractivity contribution < 1.29 is 19.4 Å². The van der Waals surface area contributed by atoms with Crippen LogP contribution in [0.2, 0.25) is 0 Å². The van der Waals surface area contributed by atoms with E-state index < -0.39 is 17.6 Å². The van der Waals surface area contributed by atoms with Crippen molar-refractivity contribution in [2.24, 2.45) is 0 Å². The maximum Gasteiger partial charge on any atom is 0.408 e. The molecule has 0 heterocycles. The van der Waals surface area contributed by atoms with Crippen LogP contribution in [0.15, 0.2) is 28.7 Å². The van der Waals surface area contributed by atoms with Crippen LogP contribution in [-0.2, 0) is 16.1 Å². The van der Waals surface area contributed by atoms with Crippen LogP contribution in [0.5, 0.6) is 0 Å². The molecule has 0 spiro atoms. The number of halogens is 1. The molecule has 6 heteroatoms. The fourth-order valence-corrected chi connectivity index (χ4v) is 1.50. The molecule has 0 saturated heterocycles. The van der Waals surface area contributed by atoms with Crippen molar-refractivity contribution >= 4 is 28.0 Å². The first-order chi connectivity index (χ1) is 8.33. The molecule has 0 aliphatic rings. The third-order valence-electron chi connectivity index (χ3n) is 2.27. The minimum Gasteiger partial charge on any atom is -0.480 e. The number of aliphatic carboxylic acids is 1. The molecule has 0 radical (unpaired) electrons. The SMILES string of the molecule is CC(C)(NC(=O)OCc1ccccc1Br)C(=O)O. The molecule has 18 heavy (non-hydrogen) atoms. The Balaban J connectivity index is 2.53. The van der Waals surface area contributed by atoms with E-state index in [0.717, 1.165) is 10.0 Å². The Bertz CT molecular complexity index is 459. The molecule has 0 unspecified atom stereocenters. The van der Waals surface area contributed by atoms with Crippen molar-refractivity contribution in [2.75, 3.05) is 0 Å². The van der Waals surface area contributed by atoms with E-state index in [1.165, 1.54) is 13.8 Å². The molecule has 1 amide bonds. The lowest BCUT2D eigenvalue weighted by molar-refractivity contribution is -0.143. The highest BCUT2D eigenvalue weighted by Gasteiger charge is 2.29. The van der Waals surface area contributed by atoms with Crippen LogP contribution in [-0.4, -0.2) is 22.7 Å². The van der Waals surface area contributed by atoms with E-state index in [9.17, 15) is 9.59 Å².